The Labute approximate surface area is 118 Å². The lowest BCUT2D eigenvalue weighted by Gasteiger charge is -2.02. The summed E-state index contributed by atoms with van der Waals surface area (Å²) in [5.41, 5.74) is 0.939. The van der Waals surface area contributed by atoms with Gasteiger partial charge >= 0.3 is 0 Å². The maximum atomic E-state index is 12.3. The zero-order valence-electron chi connectivity index (χ0n) is 10.6. The minimum absolute atomic E-state index is 0.220. The third-order valence-electron chi connectivity index (χ3n) is 2.91. The molecule has 1 amide bonds. The monoisotopic (exact) mass is 285 g/mol. The van der Waals surface area contributed by atoms with Crippen LogP contribution in [0.4, 0.5) is 5.69 Å². The fourth-order valence-corrected chi connectivity index (χ4v) is 3.01. The van der Waals surface area contributed by atoms with E-state index < -0.39 is 0 Å². The Kier molecular flexibility index (Phi) is 3.08. The lowest BCUT2D eigenvalue weighted by Crippen LogP contribution is -2.12. The van der Waals surface area contributed by atoms with Crippen LogP contribution in [0.25, 0.3) is 10.9 Å². The minimum atomic E-state index is -0.252. The summed E-state index contributed by atoms with van der Waals surface area (Å²) in [6, 6.07) is 9.18. The Balaban J connectivity index is 2.05. The van der Waals surface area contributed by atoms with Crippen molar-refractivity contribution in [2.24, 2.45) is 0 Å². The predicted octanol–water partition coefficient (Wildman–Crippen LogP) is 2.55. The summed E-state index contributed by atoms with van der Waals surface area (Å²) in [5, 5.41) is 3.28. The van der Waals surface area contributed by atoms with Gasteiger partial charge in [-0.3, -0.25) is 9.59 Å². The summed E-state index contributed by atoms with van der Waals surface area (Å²) in [6.45, 7) is 1.81. The molecule has 0 aliphatic carbocycles. The number of carbonyl (C=O) groups excluding carboxylic acids is 1. The third kappa shape index (κ3) is 2.10. The number of aryl methyl sites for hydroxylation is 1. The number of nitrogens with one attached hydrogen (secondary N) is 2. The van der Waals surface area contributed by atoms with Gasteiger partial charge in [0.2, 0.25) is 0 Å². The predicted molar refractivity (Wildman–Crippen MR) is 79.4 cm³/mol. The standard InChI is InChI=1S/C14H11N3O2S/c1-8-10-11(15-7-16-13(10)18)12(20-8)14(19)17-9-5-3-2-4-6-9/h2-7H,1H3,(H,17,19)(H,15,16,18). The molecule has 0 fully saturated rings. The lowest BCUT2D eigenvalue weighted by atomic mass is 10.2. The number of carbonyl (C=O) groups is 1. The number of nitrogens with zero attached hydrogens (tertiary/aromatic N) is 1. The molecule has 0 saturated heterocycles. The van der Waals surface area contributed by atoms with Gasteiger partial charge in [-0.1, -0.05) is 18.2 Å². The van der Waals surface area contributed by atoms with Crippen molar-refractivity contribution in [3.05, 3.63) is 56.8 Å². The SMILES string of the molecule is Cc1sc(C(=O)Nc2ccccc2)c2nc[nH]c(=O)c12. The third-order valence-corrected chi connectivity index (χ3v) is 4.01. The zero-order chi connectivity index (χ0) is 14.1. The number of hydrogen-bond acceptors (Lipinski definition) is 4. The van der Waals surface area contributed by atoms with Gasteiger partial charge in [0.1, 0.15) is 10.4 Å². The fraction of sp³-hybridized carbons (Fsp3) is 0.0714. The van der Waals surface area contributed by atoms with Crippen molar-refractivity contribution in [3.63, 3.8) is 0 Å². The first-order valence-electron chi connectivity index (χ1n) is 6.00. The highest BCUT2D eigenvalue weighted by molar-refractivity contribution is 7.15. The van der Waals surface area contributed by atoms with Crippen molar-refractivity contribution in [1.29, 1.82) is 0 Å². The van der Waals surface area contributed by atoms with E-state index in [1.54, 1.807) is 12.1 Å². The van der Waals surface area contributed by atoms with Crippen molar-refractivity contribution in [2.45, 2.75) is 6.92 Å². The van der Waals surface area contributed by atoms with Crippen molar-refractivity contribution in [2.75, 3.05) is 5.32 Å². The first-order chi connectivity index (χ1) is 9.66. The lowest BCUT2D eigenvalue weighted by molar-refractivity contribution is 0.103. The highest BCUT2D eigenvalue weighted by Crippen LogP contribution is 2.27. The molecule has 3 rings (SSSR count). The van der Waals surface area contributed by atoms with E-state index >= 15 is 0 Å². The van der Waals surface area contributed by atoms with Gasteiger partial charge in [0, 0.05) is 10.6 Å². The number of H-pyrrole nitrogens is 1. The normalized spacial score (nSPS) is 10.7. The van der Waals surface area contributed by atoms with E-state index in [1.165, 1.54) is 17.7 Å². The van der Waals surface area contributed by atoms with Crippen LogP contribution in [0.5, 0.6) is 0 Å². The van der Waals surface area contributed by atoms with E-state index in [2.05, 4.69) is 15.3 Å². The summed E-state index contributed by atoms with van der Waals surface area (Å²) in [7, 11) is 0. The van der Waals surface area contributed by atoms with Crippen molar-refractivity contribution in [1.82, 2.24) is 9.97 Å². The largest absolute Gasteiger partial charge is 0.321 e. The molecule has 0 aliphatic heterocycles. The van der Waals surface area contributed by atoms with E-state index in [1.807, 2.05) is 25.1 Å². The van der Waals surface area contributed by atoms with Gasteiger partial charge < -0.3 is 10.3 Å². The average molecular weight is 285 g/mol. The molecule has 2 N–H and O–H groups in total. The molecule has 20 heavy (non-hydrogen) atoms. The second-order valence-electron chi connectivity index (χ2n) is 4.26. The molecule has 0 atom stereocenters. The highest BCUT2D eigenvalue weighted by Gasteiger charge is 2.18. The summed E-state index contributed by atoms with van der Waals surface area (Å²) < 4.78 is 0. The molecule has 0 spiro atoms. The number of aromatic nitrogens is 2. The van der Waals surface area contributed by atoms with Crippen LogP contribution in [0, 0.1) is 6.92 Å². The van der Waals surface area contributed by atoms with Crippen LogP contribution >= 0.6 is 11.3 Å². The van der Waals surface area contributed by atoms with Crippen molar-refractivity contribution < 1.29 is 4.79 Å². The van der Waals surface area contributed by atoms with Gasteiger partial charge in [-0.15, -0.1) is 11.3 Å². The summed E-state index contributed by atoms with van der Waals surface area (Å²) in [4.78, 5) is 32.0. The van der Waals surface area contributed by atoms with Crippen LogP contribution in [-0.4, -0.2) is 15.9 Å². The fourth-order valence-electron chi connectivity index (χ4n) is 2.01. The summed E-state index contributed by atoms with van der Waals surface area (Å²) in [5.74, 6) is -0.252. The average Bonchev–Trinajstić information content (AvgIpc) is 2.79. The molecular weight excluding hydrogens is 274 g/mol. The van der Waals surface area contributed by atoms with E-state index in [0.29, 0.717) is 21.5 Å². The van der Waals surface area contributed by atoms with Crippen LogP contribution < -0.4 is 10.9 Å². The van der Waals surface area contributed by atoms with E-state index in [-0.39, 0.29) is 11.5 Å². The van der Waals surface area contributed by atoms with E-state index in [0.717, 1.165) is 4.88 Å². The summed E-state index contributed by atoms with van der Waals surface area (Å²) in [6.07, 6.45) is 1.32. The number of thiophene rings is 1. The van der Waals surface area contributed by atoms with Crippen LogP contribution in [0.15, 0.2) is 41.5 Å². The van der Waals surface area contributed by atoms with Gasteiger partial charge in [-0.05, 0) is 19.1 Å². The van der Waals surface area contributed by atoms with Gasteiger partial charge in [-0.25, -0.2) is 4.98 Å². The molecule has 5 nitrogen and oxygen atoms in total. The first kappa shape index (κ1) is 12.6. The van der Waals surface area contributed by atoms with Crippen molar-refractivity contribution >= 4 is 33.8 Å². The second kappa shape index (κ2) is 4.90. The van der Waals surface area contributed by atoms with Crippen LogP contribution in [-0.2, 0) is 0 Å². The molecule has 0 saturated carbocycles. The Morgan fingerprint density at radius 2 is 2.05 bits per heavy atom. The molecule has 2 aromatic heterocycles. The van der Waals surface area contributed by atoms with Gasteiger partial charge in [0.15, 0.2) is 0 Å². The van der Waals surface area contributed by atoms with Crippen LogP contribution in [0.3, 0.4) is 0 Å². The zero-order valence-corrected chi connectivity index (χ0v) is 11.5. The number of para-hydroxylation sites is 1. The number of hydrogen-bond donors (Lipinski definition) is 2. The smallest absolute Gasteiger partial charge is 0.267 e. The van der Waals surface area contributed by atoms with Gasteiger partial charge in [0.05, 0.1) is 11.7 Å². The molecule has 1 aromatic carbocycles. The number of benzene rings is 1. The molecule has 6 heteroatoms. The molecule has 0 unspecified atom stereocenters. The Bertz CT molecular complexity index is 836. The molecule has 0 radical (unpaired) electrons. The molecule has 0 aliphatic rings. The minimum Gasteiger partial charge on any atom is -0.321 e. The molecule has 3 aromatic rings. The summed E-state index contributed by atoms with van der Waals surface area (Å²) >= 11 is 1.27. The topological polar surface area (TPSA) is 74.8 Å². The molecule has 0 bridgehead atoms. The Morgan fingerprint density at radius 1 is 1.30 bits per heavy atom. The number of aromatic amines is 1. The number of anilines is 1. The number of fused-ring (bicyclic) bond motifs is 1. The number of amides is 1. The van der Waals surface area contributed by atoms with E-state index in [9.17, 15) is 9.59 Å². The Morgan fingerprint density at radius 3 is 2.80 bits per heavy atom. The van der Waals surface area contributed by atoms with Gasteiger partial charge in [-0.2, -0.15) is 0 Å². The van der Waals surface area contributed by atoms with Crippen molar-refractivity contribution in [3.8, 4) is 0 Å². The molecule has 100 valence electrons. The molecule has 2 heterocycles. The molecular formula is C14H11N3O2S. The number of rotatable bonds is 2. The Hall–Kier alpha value is -2.47. The maximum Gasteiger partial charge on any atom is 0.267 e. The van der Waals surface area contributed by atoms with Gasteiger partial charge in [0.25, 0.3) is 11.5 Å². The highest BCUT2D eigenvalue weighted by atomic mass is 32.1. The first-order valence-corrected chi connectivity index (χ1v) is 6.81. The second-order valence-corrected chi connectivity index (χ2v) is 5.49. The maximum absolute atomic E-state index is 12.3. The van der Waals surface area contributed by atoms with Crippen LogP contribution in [0.2, 0.25) is 0 Å². The van der Waals surface area contributed by atoms with E-state index in [4.69, 9.17) is 0 Å². The van der Waals surface area contributed by atoms with Crippen LogP contribution in [0.1, 0.15) is 14.5 Å². The quantitative estimate of drug-likeness (QED) is 0.759.